The minimum absolute atomic E-state index is 0.739. The third-order valence-corrected chi connectivity index (χ3v) is 5.28. The summed E-state index contributed by atoms with van der Waals surface area (Å²) in [7, 11) is 0. The SMILES string of the molecule is CCN1CCN(CC2CCNCC2N(CC)CC)CC1. The summed E-state index contributed by atoms with van der Waals surface area (Å²) in [5, 5.41) is 3.60. The lowest BCUT2D eigenvalue weighted by Crippen LogP contribution is -2.56. The van der Waals surface area contributed by atoms with Crippen LogP contribution in [0.5, 0.6) is 0 Å². The molecule has 0 bridgehead atoms. The molecule has 0 aromatic heterocycles. The maximum atomic E-state index is 3.60. The van der Waals surface area contributed by atoms with E-state index in [9.17, 15) is 0 Å². The van der Waals surface area contributed by atoms with Gasteiger partial charge in [0.2, 0.25) is 0 Å². The van der Waals surface area contributed by atoms with Gasteiger partial charge in [-0.2, -0.15) is 0 Å². The van der Waals surface area contributed by atoms with Crippen LogP contribution in [0.3, 0.4) is 0 Å². The molecule has 0 radical (unpaired) electrons. The van der Waals surface area contributed by atoms with Gasteiger partial charge in [-0.3, -0.25) is 4.90 Å². The molecule has 2 aliphatic rings. The smallest absolute Gasteiger partial charge is 0.0261 e. The van der Waals surface area contributed by atoms with Crippen LogP contribution in [0, 0.1) is 5.92 Å². The second-order valence-corrected chi connectivity index (χ2v) is 6.28. The van der Waals surface area contributed by atoms with E-state index >= 15 is 0 Å². The molecule has 0 saturated carbocycles. The normalized spacial score (nSPS) is 30.0. The van der Waals surface area contributed by atoms with E-state index in [2.05, 4.69) is 40.8 Å². The Hall–Kier alpha value is -0.160. The summed E-state index contributed by atoms with van der Waals surface area (Å²) >= 11 is 0. The van der Waals surface area contributed by atoms with Gasteiger partial charge in [-0.25, -0.2) is 0 Å². The first kappa shape index (κ1) is 16.2. The van der Waals surface area contributed by atoms with E-state index in [1.54, 1.807) is 0 Å². The Balaban J connectivity index is 1.85. The van der Waals surface area contributed by atoms with Crippen molar-refractivity contribution in [1.29, 1.82) is 0 Å². The summed E-state index contributed by atoms with van der Waals surface area (Å²) in [6, 6.07) is 0.739. The van der Waals surface area contributed by atoms with Gasteiger partial charge in [0, 0.05) is 45.3 Å². The Morgan fingerprint density at radius 3 is 2.25 bits per heavy atom. The third kappa shape index (κ3) is 4.17. The number of hydrogen-bond donors (Lipinski definition) is 1. The highest BCUT2D eigenvalue weighted by molar-refractivity contribution is 4.88. The molecule has 0 amide bonds. The second-order valence-electron chi connectivity index (χ2n) is 6.28. The highest BCUT2D eigenvalue weighted by Gasteiger charge is 2.30. The molecule has 2 rings (SSSR count). The highest BCUT2D eigenvalue weighted by Crippen LogP contribution is 2.20. The molecule has 2 atom stereocenters. The first-order valence-electron chi connectivity index (χ1n) is 8.67. The third-order valence-electron chi connectivity index (χ3n) is 5.28. The molecule has 0 spiro atoms. The van der Waals surface area contributed by atoms with Crippen LogP contribution in [0.4, 0.5) is 0 Å². The predicted molar refractivity (Wildman–Crippen MR) is 86.2 cm³/mol. The number of rotatable bonds is 6. The molecular formula is C16H34N4. The van der Waals surface area contributed by atoms with Crippen LogP contribution in [-0.2, 0) is 0 Å². The molecule has 1 N–H and O–H groups in total. The molecular weight excluding hydrogens is 248 g/mol. The molecule has 4 nitrogen and oxygen atoms in total. The molecule has 0 aromatic carbocycles. The molecule has 4 heteroatoms. The maximum absolute atomic E-state index is 3.60. The van der Waals surface area contributed by atoms with Crippen molar-refractivity contribution in [1.82, 2.24) is 20.0 Å². The standard InChI is InChI=1S/C16H34N4/c1-4-18-9-11-19(12-10-18)14-15-7-8-17-13-16(15)20(5-2)6-3/h15-17H,4-14H2,1-3H3. The zero-order valence-electron chi connectivity index (χ0n) is 13.8. The monoisotopic (exact) mass is 282 g/mol. The fourth-order valence-corrected chi connectivity index (χ4v) is 3.85. The minimum Gasteiger partial charge on any atom is -0.315 e. The van der Waals surface area contributed by atoms with Gasteiger partial charge in [0.25, 0.3) is 0 Å². The first-order chi connectivity index (χ1) is 9.78. The van der Waals surface area contributed by atoms with Crippen molar-refractivity contribution in [2.45, 2.75) is 33.2 Å². The number of piperidine rings is 1. The summed E-state index contributed by atoms with van der Waals surface area (Å²) in [4.78, 5) is 7.93. The summed E-state index contributed by atoms with van der Waals surface area (Å²) < 4.78 is 0. The molecule has 118 valence electrons. The number of hydrogen-bond acceptors (Lipinski definition) is 4. The average Bonchev–Trinajstić information content (AvgIpc) is 2.51. The van der Waals surface area contributed by atoms with Crippen LogP contribution in [-0.4, -0.2) is 86.2 Å². The van der Waals surface area contributed by atoms with E-state index in [1.807, 2.05) is 0 Å². The van der Waals surface area contributed by atoms with Crippen LogP contribution < -0.4 is 5.32 Å². The molecule has 2 fully saturated rings. The summed E-state index contributed by atoms with van der Waals surface area (Å²) in [5.41, 5.74) is 0. The van der Waals surface area contributed by atoms with Crippen LogP contribution in [0.2, 0.25) is 0 Å². The van der Waals surface area contributed by atoms with E-state index in [1.165, 1.54) is 71.9 Å². The van der Waals surface area contributed by atoms with Gasteiger partial charge in [-0.15, -0.1) is 0 Å². The van der Waals surface area contributed by atoms with Gasteiger partial charge in [-0.1, -0.05) is 20.8 Å². The lowest BCUT2D eigenvalue weighted by Gasteiger charge is -2.43. The summed E-state index contributed by atoms with van der Waals surface area (Å²) in [6.07, 6.45) is 1.34. The van der Waals surface area contributed by atoms with Gasteiger partial charge in [-0.05, 0) is 38.5 Å². The predicted octanol–water partition coefficient (Wildman–Crippen LogP) is 0.944. The molecule has 2 heterocycles. The van der Waals surface area contributed by atoms with Gasteiger partial charge < -0.3 is 15.1 Å². The average molecular weight is 282 g/mol. The Bertz CT molecular complexity index is 259. The van der Waals surface area contributed by atoms with Crippen LogP contribution in [0.25, 0.3) is 0 Å². The van der Waals surface area contributed by atoms with E-state index < -0.39 is 0 Å². The van der Waals surface area contributed by atoms with E-state index in [0.29, 0.717) is 0 Å². The lowest BCUT2D eigenvalue weighted by atomic mass is 9.90. The van der Waals surface area contributed by atoms with Crippen molar-refractivity contribution in [3.63, 3.8) is 0 Å². The Morgan fingerprint density at radius 2 is 1.65 bits per heavy atom. The van der Waals surface area contributed by atoms with Crippen molar-refractivity contribution in [2.75, 3.05) is 65.4 Å². The van der Waals surface area contributed by atoms with Crippen LogP contribution in [0.1, 0.15) is 27.2 Å². The second kappa shape index (κ2) is 8.32. The quantitative estimate of drug-likeness (QED) is 0.783. The summed E-state index contributed by atoms with van der Waals surface area (Å²) in [5.74, 6) is 0.851. The van der Waals surface area contributed by atoms with Crippen molar-refractivity contribution in [3.05, 3.63) is 0 Å². The fourth-order valence-electron chi connectivity index (χ4n) is 3.85. The van der Waals surface area contributed by atoms with Crippen molar-refractivity contribution >= 4 is 0 Å². The maximum Gasteiger partial charge on any atom is 0.0261 e. The Kier molecular flexibility index (Phi) is 6.75. The summed E-state index contributed by atoms with van der Waals surface area (Å²) in [6.45, 7) is 19.2. The number of piperazine rings is 1. The van der Waals surface area contributed by atoms with E-state index in [4.69, 9.17) is 0 Å². The number of nitrogens with zero attached hydrogens (tertiary/aromatic N) is 3. The van der Waals surface area contributed by atoms with E-state index in [0.717, 1.165) is 12.0 Å². The number of likely N-dealkylation sites (N-methyl/N-ethyl adjacent to an activating group) is 2. The van der Waals surface area contributed by atoms with Crippen LogP contribution in [0.15, 0.2) is 0 Å². The van der Waals surface area contributed by atoms with Gasteiger partial charge in [0.05, 0.1) is 0 Å². The molecule has 2 aliphatic heterocycles. The van der Waals surface area contributed by atoms with Crippen molar-refractivity contribution in [3.8, 4) is 0 Å². The first-order valence-corrected chi connectivity index (χ1v) is 8.67. The minimum atomic E-state index is 0.739. The topological polar surface area (TPSA) is 21.8 Å². The van der Waals surface area contributed by atoms with Gasteiger partial charge in [0.15, 0.2) is 0 Å². The van der Waals surface area contributed by atoms with E-state index in [-0.39, 0.29) is 0 Å². The Labute approximate surface area is 125 Å². The fraction of sp³-hybridized carbons (Fsp3) is 1.00. The molecule has 2 saturated heterocycles. The molecule has 2 unspecified atom stereocenters. The van der Waals surface area contributed by atoms with Gasteiger partial charge in [0.1, 0.15) is 0 Å². The Morgan fingerprint density at radius 1 is 1.00 bits per heavy atom. The van der Waals surface area contributed by atoms with Gasteiger partial charge >= 0.3 is 0 Å². The van der Waals surface area contributed by atoms with Crippen LogP contribution >= 0.6 is 0 Å². The largest absolute Gasteiger partial charge is 0.315 e. The number of nitrogens with one attached hydrogen (secondary N) is 1. The molecule has 0 aliphatic carbocycles. The molecule has 20 heavy (non-hydrogen) atoms. The zero-order chi connectivity index (χ0) is 14.4. The zero-order valence-corrected chi connectivity index (χ0v) is 13.8. The lowest BCUT2D eigenvalue weighted by molar-refractivity contribution is 0.0687. The molecule has 0 aromatic rings. The highest BCUT2D eigenvalue weighted by atomic mass is 15.3. The van der Waals surface area contributed by atoms with Crippen molar-refractivity contribution in [2.24, 2.45) is 5.92 Å². The van der Waals surface area contributed by atoms with Crippen molar-refractivity contribution < 1.29 is 0 Å².